The topological polar surface area (TPSA) is 61.0 Å². The van der Waals surface area contributed by atoms with Crippen molar-refractivity contribution in [3.8, 4) is 16.3 Å². The summed E-state index contributed by atoms with van der Waals surface area (Å²) in [5, 5.41) is 10.4. The van der Waals surface area contributed by atoms with E-state index in [1.54, 1.807) is 11.3 Å². The lowest BCUT2D eigenvalue weighted by Crippen LogP contribution is -1.99. The van der Waals surface area contributed by atoms with E-state index >= 15 is 0 Å². The summed E-state index contributed by atoms with van der Waals surface area (Å²) < 4.78 is 5.63. The first-order valence-electron chi connectivity index (χ1n) is 6.59. The molecule has 102 valence electrons. The number of hydrogen-bond donors (Lipinski definition) is 1. The Morgan fingerprint density at radius 2 is 2.21 bits per heavy atom. The molecule has 0 bridgehead atoms. The van der Waals surface area contributed by atoms with Crippen LogP contribution in [0.5, 0.6) is 5.75 Å². The molecule has 0 saturated heterocycles. The van der Waals surface area contributed by atoms with Crippen molar-refractivity contribution in [2.75, 3.05) is 13.2 Å². The molecule has 0 aliphatic heterocycles. The van der Waals surface area contributed by atoms with E-state index in [-0.39, 0.29) is 0 Å². The van der Waals surface area contributed by atoms with E-state index < -0.39 is 0 Å². The Morgan fingerprint density at radius 3 is 3.00 bits per heavy atom. The van der Waals surface area contributed by atoms with Gasteiger partial charge in [0.2, 0.25) is 0 Å². The average molecular weight is 277 g/mol. The van der Waals surface area contributed by atoms with E-state index in [0.29, 0.717) is 6.54 Å². The van der Waals surface area contributed by atoms with Crippen molar-refractivity contribution in [2.45, 2.75) is 26.2 Å². The van der Waals surface area contributed by atoms with E-state index in [2.05, 4.69) is 17.1 Å². The molecule has 2 aromatic rings. The second kappa shape index (κ2) is 7.21. The summed E-state index contributed by atoms with van der Waals surface area (Å²) in [5.41, 5.74) is 6.56. The van der Waals surface area contributed by atoms with Crippen LogP contribution in [0, 0.1) is 0 Å². The van der Waals surface area contributed by atoms with E-state index in [9.17, 15) is 0 Å². The summed E-state index contributed by atoms with van der Waals surface area (Å²) >= 11 is 1.63. The number of nitrogens with two attached hydrogens (primary N) is 1. The Hall–Kier alpha value is -1.46. The van der Waals surface area contributed by atoms with Crippen LogP contribution in [0.15, 0.2) is 24.3 Å². The molecule has 0 fully saturated rings. The van der Waals surface area contributed by atoms with Crippen LogP contribution in [0.2, 0.25) is 0 Å². The minimum absolute atomic E-state index is 0.690. The number of aromatic nitrogens is 2. The summed E-state index contributed by atoms with van der Waals surface area (Å²) in [4.78, 5) is 0. The van der Waals surface area contributed by atoms with E-state index in [1.807, 2.05) is 24.3 Å². The van der Waals surface area contributed by atoms with Gasteiger partial charge in [0.1, 0.15) is 15.8 Å². The number of rotatable bonds is 7. The lowest BCUT2D eigenvalue weighted by molar-refractivity contribution is 0.317. The Labute approximate surface area is 117 Å². The van der Waals surface area contributed by atoms with Crippen molar-refractivity contribution < 1.29 is 4.74 Å². The van der Waals surface area contributed by atoms with E-state index in [0.717, 1.165) is 47.2 Å². The van der Waals surface area contributed by atoms with Gasteiger partial charge >= 0.3 is 0 Å². The number of aryl methyl sites for hydroxylation is 1. The third-order valence-electron chi connectivity index (χ3n) is 2.62. The molecule has 5 heteroatoms. The number of nitrogens with zero attached hydrogens (tertiary/aromatic N) is 2. The second-order valence-corrected chi connectivity index (χ2v) is 5.33. The van der Waals surface area contributed by atoms with Gasteiger partial charge in [-0.2, -0.15) is 0 Å². The highest BCUT2D eigenvalue weighted by Gasteiger charge is 2.07. The number of ether oxygens (including phenoxy) is 1. The molecule has 1 aromatic heterocycles. The van der Waals surface area contributed by atoms with Crippen molar-refractivity contribution in [1.82, 2.24) is 10.2 Å². The van der Waals surface area contributed by atoms with Gasteiger partial charge in [-0.25, -0.2) is 0 Å². The number of hydrogen-bond acceptors (Lipinski definition) is 5. The molecule has 0 saturated carbocycles. The van der Waals surface area contributed by atoms with Crippen LogP contribution < -0.4 is 10.5 Å². The largest absolute Gasteiger partial charge is 0.494 e. The van der Waals surface area contributed by atoms with Crippen LogP contribution in [-0.4, -0.2) is 23.3 Å². The summed E-state index contributed by atoms with van der Waals surface area (Å²) in [6.07, 6.45) is 2.86. The molecule has 1 aromatic carbocycles. The predicted octanol–water partition coefficient (Wildman–Crippen LogP) is 2.89. The van der Waals surface area contributed by atoms with Crippen LogP contribution in [0.25, 0.3) is 10.6 Å². The summed E-state index contributed by atoms with van der Waals surface area (Å²) in [6, 6.07) is 8.01. The van der Waals surface area contributed by atoms with Crippen LogP contribution in [-0.2, 0) is 6.42 Å². The molecule has 4 nitrogen and oxygen atoms in total. The van der Waals surface area contributed by atoms with Crippen LogP contribution in [0.1, 0.15) is 24.8 Å². The van der Waals surface area contributed by atoms with Crippen molar-refractivity contribution in [2.24, 2.45) is 5.73 Å². The first-order chi connectivity index (χ1) is 9.33. The van der Waals surface area contributed by atoms with Crippen LogP contribution in [0.3, 0.4) is 0 Å². The van der Waals surface area contributed by atoms with Crippen molar-refractivity contribution >= 4 is 11.3 Å². The van der Waals surface area contributed by atoms with Gasteiger partial charge in [-0.15, -0.1) is 10.2 Å². The highest BCUT2D eigenvalue weighted by atomic mass is 32.1. The molecule has 2 rings (SSSR count). The van der Waals surface area contributed by atoms with Crippen molar-refractivity contribution in [3.63, 3.8) is 0 Å². The molecular weight excluding hydrogens is 258 g/mol. The molecule has 2 N–H and O–H groups in total. The predicted molar refractivity (Wildman–Crippen MR) is 78.5 cm³/mol. The molecule has 1 heterocycles. The zero-order valence-corrected chi connectivity index (χ0v) is 11.9. The van der Waals surface area contributed by atoms with Gasteiger partial charge in [0.15, 0.2) is 0 Å². The van der Waals surface area contributed by atoms with Crippen molar-refractivity contribution in [1.29, 1.82) is 0 Å². The highest BCUT2D eigenvalue weighted by molar-refractivity contribution is 7.14. The molecule has 0 atom stereocenters. The third kappa shape index (κ3) is 4.01. The van der Waals surface area contributed by atoms with Crippen molar-refractivity contribution in [3.05, 3.63) is 29.3 Å². The molecule has 0 amide bonds. The smallest absolute Gasteiger partial charge is 0.147 e. The van der Waals surface area contributed by atoms with Gasteiger partial charge < -0.3 is 10.5 Å². The minimum Gasteiger partial charge on any atom is -0.494 e. The fourth-order valence-corrected chi connectivity index (χ4v) is 2.54. The maximum atomic E-state index is 5.63. The number of benzene rings is 1. The Bertz CT molecular complexity index is 513. The SMILES string of the molecule is CCCOc1cccc(-c2nnc(CCCN)s2)c1. The first kappa shape index (κ1) is 14.0. The second-order valence-electron chi connectivity index (χ2n) is 4.27. The maximum Gasteiger partial charge on any atom is 0.147 e. The normalized spacial score (nSPS) is 10.6. The zero-order chi connectivity index (χ0) is 13.5. The van der Waals surface area contributed by atoms with E-state index in [1.165, 1.54) is 0 Å². The fourth-order valence-electron chi connectivity index (χ4n) is 1.66. The maximum absolute atomic E-state index is 5.63. The quantitative estimate of drug-likeness (QED) is 0.845. The molecular formula is C14H19N3OS. The molecule has 0 spiro atoms. The monoisotopic (exact) mass is 277 g/mol. The molecule has 0 unspecified atom stereocenters. The molecule has 0 aliphatic carbocycles. The summed E-state index contributed by atoms with van der Waals surface area (Å²) in [6.45, 7) is 3.52. The van der Waals surface area contributed by atoms with Gasteiger partial charge in [0, 0.05) is 12.0 Å². The fraction of sp³-hybridized carbons (Fsp3) is 0.429. The highest BCUT2D eigenvalue weighted by Crippen LogP contribution is 2.27. The molecule has 0 aliphatic rings. The Kier molecular flexibility index (Phi) is 5.30. The average Bonchev–Trinajstić information content (AvgIpc) is 2.92. The first-order valence-corrected chi connectivity index (χ1v) is 7.41. The lowest BCUT2D eigenvalue weighted by Gasteiger charge is -2.04. The summed E-state index contributed by atoms with van der Waals surface area (Å²) in [5.74, 6) is 0.887. The molecule has 0 radical (unpaired) electrons. The Balaban J connectivity index is 2.10. The Morgan fingerprint density at radius 1 is 1.32 bits per heavy atom. The lowest BCUT2D eigenvalue weighted by atomic mass is 10.2. The molecule has 19 heavy (non-hydrogen) atoms. The van der Waals surface area contributed by atoms with E-state index in [4.69, 9.17) is 10.5 Å². The van der Waals surface area contributed by atoms with Gasteiger partial charge in [0.05, 0.1) is 6.61 Å². The third-order valence-corrected chi connectivity index (χ3v) is 3.65. The van der Waals surface area contributed by atoms with Gasteiger partial charge in [0.25, 0.3) is 0 Å². The zero-order valence-electron chi connectivity index (χ0n) is 11.1. The van der Waals surface area contributed by atoms with Crippen LogP contribution >= 0.6 is 11.3 Å². The standard InChI is InChI=1S/C14H19N3OS/c1-2-9-18-12-6-3-5-11(10-12)14-17-16-13(19-14)7-4-8-15/h3,5-6,10H,2,4,7-9,15H2,1H3. The van der Waals surface area contributed by atoms with Gasteiger partial charge in [-0.3, -0.25) is 0 Å². The van der Waals surface area contributed by atoms with Gasteiger partial charge in [-0.1, -0.05) is 30.4 Å². The van der Waals surface area contributed by atoms with Crippen LogP contribution in [0.4, 0.5) is 0 Å². The van der Waals surface area contributed by atoms with Gasteiger partial charge in [-0.05, 0) is 31.5 Å². The summed E-state index contributed by atoms with van der Waals surface area (Å²) in [7, 11) is 0. The minimum atomic E-state index is 0.690.